The summed E-state index contributed by atoms with van der Waals surface area (Å²) < 4.78 is 216. The van der Waals surface area contributed by atoms with Gasteiger partial charge >= 0.3 is 41.7 Å². The van der Waals surface area contributed by atoms with E-state index in [9.17, 15) is 70.2 Å². The van der Waals surface area contributed by atoms with E-state index in [0.29, 0.717) is 19.2 Å². The molecule has 1 nitrogen and oxygen atoms in total. The van der Waals surface area contributed by atoms with Gasteiger partial charge in [-0.1, -0.05) is 18.2 Å². The van der Waals surface area contributed by atoms with Crippen molar-refractivity contribution in [1.29, 1.82) is 0 Å². The van der Waals surface area contributed by atoms with Gasteiger partial charge in [0.05, 0.1) is 6.10 Å². The molecule has 1 unspecified atom stereocenters. The number of hydrogen-bond acceptors (Lipinski definition) is 1. The fourth-order valence-electron chi connectivity index (χ4n) is 2.42. The van der Waals surface area contributed by atoms with Crippen molar-refractivity contribution in [3.05, 3.63) is 35.6 Å². The van der Waals surface area contributed by atoms with Crippen molar-refractivity contribution in [3.63, 3.8) is 0 Å². The molecule has 0 aliphatic heterocycles. The predicted octanol–water partition coefficient (Wildman–Crippen LogP) is 7.28. The van der Waals surface area contributed by atoms with Gasteiger partial charge in [-0.3, -0.25) is 0 Å². The third-order valence-electron chi connectivity index (χ3n) is 4.37. The molecule has 17 heteroatoms. The summed E-state index contributed by atoms with van der Waals surface area (Å²) >= 11 is 0. The minimum atomic E-state index is -8.37. The molecule has 33 heavy (non-hydrogen) atoms. The van der Waals surface area contributed by atoms with Crippen LogP contribution < -0.4 is 0 Å². The van der Waals surface area contributed by atoms with Gasteiger partial charge in [-0.05, 0) is 6.07 Å². The van der Waals surface area contributed by atoms with E-state index < -0.39 is 65.6 Å². The van der Waals surface area contributed by atoms with Gasteiger partial charge in [-0.15, -0.1) is 0 Å². The second-order valence-corrected chi connectivity index (χ2v) is 6.52. The summed E-state index contributed by atoms with van der Waals surface area (Å²) in [4.78, 5) is 0. The summed E-state index contributed by atoms with van der Waals surface area (Å²) in [5, 5.41) is 0. The molecule has 0 heterocycles. The molecule has 0 amide bonds. The molecule has 0 aliphatic carbocycles. The molecule has 1 atom stereocenters. The van der Waals surface area contributed by atoms with Gasteiger partial charge < -0.3 is 4.74 Å². The van der Waals surface area contributed by atoms with Gasteiger partial charge in [-0.25, -0.2) is 4.39 Å². The maximum atomic E-state index is 14.0. The molecule has 0 N–H and O–H groups in total. The standard InChI is InChI=1S/C16H10F16O/c1-33-9(7-4-2-3-5-8(7)17)6-10(18,19)11(20,21)12(22,23)13(24,25)14(26,27)15(28,29)16(30,31)32/h2-5,9H,6H2,1H3. The van der Waals surface area contributed by atoms with E-state index in [4.69, 9.17) is 0 Å². The number of rotatable bonds is 9. The number of benzene rings is 1. The monoisotopic (exact) mass is 522 g/mol. The number of methoxy groups -OCH3 is 1. The molecule has 0 aliphatic rings. The Morgan fingerprint density at radius 1 is 0.636 bits per heavy atom. The van der Waals surface area contributed by atoms with Gasteiger partial charge in [0.15, 0.2) is 0 Å². The highest BCUT2D eigenvalue weighted by Crippen LogP contribution is 2.63. The Hall–Kier alpha value is -1.94. The minimum Gasteiger partial charge on any atom is -0.376 e. The zero-order valence-electron chi connectivity index (χ0n) is 15.5. The quantitative estimate of drug-likeness (QED) is 0.310. The average molecular weight is 522 g/mol. The van der Waals surface area contributed by atoms with Gasteiger partial charge in [0, 0.05) is 19.1 Å². The molecule has 0 spiro atoms. The van der Waals surface area contributed by atoms with E-state index in [0.717, 1.165) is 12.1 Å². The summed E-state index contributed by atoms with van der Waals surface area (Å²) in [5.41, 5.74) is -1.01. The average Bonchev–Trinajstić information content (AvgIpc) is 2.65. The lowest BCUT2D eigenvalue weighted by atomic mass is 9.88. The fourth-order valence-corrected chi connectivity index (χ4v) is 2.42. The number of halogens is 16. The predicted molar refractivity (Wildman–Crippen MR) is 76.5 cm³/mol. The highest BCUT2D eigenvalue weighted by molar-refractivity contribution is 5.21. The summed E-state index contributed by atoms with van der Waals surface area (Å²) in [7, 11) is 0.441. The van der Waals surface area contributed by atoms with Crippen LogP contribution >= 0.6 is 0 Å². The van der Waals surface area contributed by atoms with Gasteiger partial charge in [0.25, 0.3) is 0 Å². The van der Waals surface area contributed by atoms with E-state index in [2.05, 4.69) is 4.74 Å². The molecular weight excluding hydrogens is 512 g/mol. The molecular formula is C16H10F16O. The van der Waals surface area contributed by atoms with Crippen molar-refractivity contribution < 1.29 is 75.0 Å². The molecule has 1 rings (SSSR count). The summed E-state index contributed by atoms with van der Waals surface area (Å²) in [5.74, 6) is -48.6. The van der Waals surface area contributed by atoms with Crippen molar-refractivity contribution in [3.8, 4) is 0 Å². The van der Waals surface area contributed by atoms with Crippen molar-refractivity contribution in [2.75, 3.05) is 7.11 Å². The first-order chi connectivity index (χ1) is 14.4. The van der Waals surface area contributed by atoms with Crippen molar-refractivity contribution in [2.45, 2.75) is 54.2 Å². The maximum absolute atomic E-state index is 14.0. The summed E-state index contributed by atoms with van der Waals surface area (Å²) in [6.07, 6.45) is -13.1. The van der Waals surface area contributed by atoms with Crippen molar-refractivity contribution in [2.24, 2.45) is 0 Å². The molecule has 0 radical (unpaired) electrons. The SMILES string of the molecule is COC(CC(F)(F)C(F)(F)C(F)(F)C(F)(F)C(F)(F)C(F)(F)C(F)(F)F)c1ccccc1F. The van der Waals surface area contributed by atoms with Crippen LogP contribution in [0.25, 0.3) is 0 Å². The number of ether oxygens (including phenoxy) is 1. The lowest BCUT2D eigenvalue weighted by molar-refractivity contribution is -0.453. The number of alkyl halides is 15. The third kappa shape index (κ3) is 4.32. The largest absolute Gasteiger partial charge is 0.460 e. The summed E-state index contributed by atoms with van der Waals surface area (Å²) in [6.45, 7) is 0. The Morgan fingerprint density at radius 3 is 1.42 bits per heavy atom. The van der Waals surface area contributed by atoms with Crippen LogP contribution in [-0.4, -0.2) is 48.8 Å². The Morgan fingerprint density at radius 2 is 1.03 bits per heavy atom. The molecule has 0 fully saturated rings. The van der Waals surface area contributed by atoms with Gasteiger partial charge in [-0.2, -0.15) is 65.9 Å². The Bertz CT molecular complexity index is 828. The molecule has 0 saturated carbocycles. The first kappa shape index (κ1) is 29.1. The molecule has 0 aromatic heterocycles. The first-order valence-electron chi connectivity index (χ1n) is 8.05. The fraction of sp³-hybridized carbons (Fsp3) is 0.625. The van der Waals surface area contributed by atoms with Crippen LogP contribution in [0.2, 0.25) is 0 Å². The lowest BCUT2D eigenvalue weighted by Gasteiger charge is -2.42. The van der Waals surface area contributed by atoms with Crippen molar-refractivity contribution in [1.82, 2.24) is 0 Å². The molecule has 1 aromatic rings. The van der Waals surface area contributed by atoms with Crippen molar-refractivity contribution >= 4 is 0 Å². The Balaban J connectivity index is 3.52. The smallest absolute Gasteiger partial charge is 0.376 e. The second kappa shape index (κ2) is 8.37. The van der Waals surface area contributed by atoms with E-state index >= 15 is 0 Å². The molecule has 1 aromatic carbocycles. The van der Waals surface area contributed by atoms with Crippen LogP contribution in [-0.2, 0) is 4.74 Å². The maximum Gasteiger partial charge on any atom is 0.460 e. The van der Waals surface area contributed by atoms with Crippen LogP contribution in [0.15, 0.2) is 24.3 Å². The Labute approximate surface area is 173 Å². The third-order valence-corrected chi connectivity index (χ3v) is 4.37. The highest BCUT2D eigenvalue weighted by Gasteiger charge is 2.93. The highest BCUT2D eigenvalue weighted by atomic mass is 19.4. The van der Waals surface area contributed by atoms with Crippen LogP contribution in [0.3, 0.4) is 0 Å². The van der Waals surface area contributed by atoms with Gasteiger partial charge in [0.2, 0.25) is 0 Å². The molecule has 0 saturated heterocycles. The minimum absolute atomic E-state index is 0.441. The van der Waals surface area contributed by atoms with Crippen LogP contribution in [0.4, 0.5) is 70.2 Å². The lowest BCUT2D eigenvalue weighted by Crippen LogP contribution is -2.72. The van der Waals surface area contributed by atoms with Crippen LogP contribution in [0.5, 0.6) is 0 Å². The van der Waals surface area contributed by atoms with E-state index in [1.807, 2.05) is 0 Å². The number of hydrogen-bond donors (Lipinski definition) is 0. The van der Waals surface area contributed by atoms with Gasteiger partial charge in [0.1, 0.15) is 5.82 Å². The van der Waals surface area contributed by atoms with Crippen LogP contribution in [0.1, 0.15) is 18.1 Å². The first-order valence-corrected chi connectivity index (χ1v) is 8.05. The normalized spacial score (nSPS) is 16.2. The molecule has 0 bridgehead atoms. The molecule has 192 valence electrons. The zero-order valence-corrected chi connectivity index (χ0v) is 15.5. The van der Waals surface area contributed by atoms with E-state index in [1.54, 1.807) is 0 Å². The topological polar surface area (TPSA) is 9.23 Å². The van der Waals surface area contributed by atoms with E-state index in [-0.39, 0.29) is 0 Å². The Kier molecular flexibility index (Phi) is 7.38. The summed E-state index contributed by atoms with van der Waals surface area (Å²) in [6, 6.07) is 2.99. The zero-order chi connectivity index (χ0) is 26.5. The van der Waals surface area contributed by atoms with Crippen LogP contribution in [0, 0.1) is 5.82 Å². The second-order valence-electron chi connectivity index (χ2n) is 6.52. The van der Waals surface area contributed by atoms with E-state index in [1.165, 1.54) is 0 Å².